The number of aryl methyl sites for hydroxylation is 2. The van der Waals surface area contributed by atoms with E-state index in [4.69, 9.17) is 0 Å². The van der Waals surface area contributed by atoms with Crippen molar-refractivity contribution in [3.63, 3.8) is 0 Å². The van der Waals surface area contributed by atoms with Crippen LogP contribution in [-0.4, -0.2) is 37.8 Å². The molecule has 7 nitrogen and oxygen atoms in total. The molecule has 3 aromatic rings. The van der Waals surface area contributed by atoms with Crippen molar-refractivity contribution in [2.45, 2.75) is 26.7 Å². The molecule has 3 heterocycles. The number of nitrogens with zero attached hydrogens (tertiary/aromatic N) is 3. The number of hydrogen-bond acceptors (Lipinski definition) is 5. The van der Waals surface area contributed by atoms with Crippen LogP contribution in [0.1, 0.15) is 24.5 Å². The van der Waals surface area contributed by atoms with Crippen LogP contribution < -0.4 is 5.32 Å². The summed E-state index contributed by atoms with van der Waals surface area (Å²) in [6.45, 7) is 3.51. The Morgan fingerprint density at radius 3 is 2.88 bits per heavy atom. The number of aromatic amines is 1. The fraction of sp³-hybridized carbons (Fsp3) is 0.294. The number of fused-ring (bicyclic) bond motifs is 1. The highest BCUT2D eigenvalue weighted by atomic mass is 16.2. The molecule has 124 valence electrons. The van der Waals surface area contributed by atoms with Gasteiger partial charge in [0.2, 0.25) is 5.91 Å². The van der Waals surface area contributed by atoms with E-state index in [2.05, 4.69) is 25.5 Å². The number of nitrogens with one attached hydrogen (secondary N) is 2. The first-order valence-electron chi connectivity index (χ1n) is 7.76. The van der Waals surface area contributed by atoms with E-state index < -0.39 is 0 Å². The van der Waals surface area contributed by atoms with E-state index in [-0.39, 0.29) is 12.5 Å². The number of H-pyrrole nitrogens is 1. The number of carbonyl (C=O) groups is 1. The van der Waals surface area contributed by atoms with Gasteiger partial charge in [-0.25, -0.2) is 4.98 Å². The molecule has 0 aliphatic carbocycles. The van der Waals surface area contributed by atoms with Gasteiger partial charge < -0.3 is 10.4 Å². The molecule has 0 fully saturated rings. The highest BCUT2D eigenvalue weighted by Gasteiger charge is 2.17. The molecule has 0 atom stereocenters. The summed E-state index contributed by atoms with van der Waals surface area (Å²) in [7, 11) is 0. The van der Waals surface area contributed by atoms with Crippen LogP contribution in [0.5, 0.6) is 0 Å². The highest BCUT2D eigenvalue weighted by Crippen LogP contribution is 2.33. The Labute approximate surface area is 139 Å². The summed E-state index contributed by atoms with van der Waals surface area (Å²) in [4.78, 5) is 20.1. The summed E-state index contributed by atoms with van der Waals surface area (Å²) in [5.74, 6) is 0.263. The van der Waals surface area contributed by atoms with Crippen LogP contribution >= 0.6 is 0 Å². The normalized spacial score (nSPS) is 11.0. The fourth-order valence-corrected chi connectivity index (χ4v) is 2.78. The Kier molecular flexibility index (Phi) is 4.52. The average Bonchev–Trinajstić information content (AvgIpc) is 2.95. The van der Waals surface area contributed by atoms with Crippen molar-refractivity contribution in [1.82, 2.24) is 20.2 Å². The van der Waals surface area contributed by atoms with Gasteiger partial charge in [-0.3, -0.25) is 14.9 Å². The molecule has 0 radical (unpaired) electrons. The molecule has 3 N–H and O–H groups in total. The summed E-state index contributed by atoms with van der Waals surface area (Å²) in [6, 6.07) is 2.04. The van der Waals surface area contributed by atoms with Crippen LogP contribution in [0.15, 0.2) is 24.7 Å². The van der Waals surface area contributed by atoms with E-state index in [0.29, 0.717) is 24.3 Å². The number of aliphatic hydroxyl groups is 1. The van der Waals surface area contributed by atoms with Gasteiger partial charge in [-0.15, -0.1) is 0 Å². The molecule has 0 aromatic carbocycles. The van der Waals surface area contributed by atoms with Gasteiger partial charge in [0.15, 0.2) is 11.5 Å². The number of anilines is 1. The van der Waals surface area contributed by atoms with Crippen LogP contribution in [0.4, 0.5) is 5.82 Å². The van der Waals surface area contributed by atoms with Gasteiger partial charge in [0, 0.05) is 43.2 Å². The van der Waals surface area contributed by atoms with Crippen LogP contribution in [0.2, 0.25) is 0 Å². The number of rotatable bonds is 5. The second-order valence-electron chi connectivity index (χ2n) is 5.71. The summed E-state index contributed by atoms with van der Waals surface area (Å²) in [5, 5.41) is 19.8. The molecular formula is C17H19N5O2. The van der Waals surface area contributed by atoms with Crippen molar-refractivity contribution in [2.24, 2.45) is 0 Å². The molecule has 24 heavy (non-hydrogen) atoms. The summed E-state index contributed by atoms with van der Waals surface area (Å²) >= 11 is 0. The Morgan fingerprint density at radius 1 is 1.33 bits per heavy atom. The van der Waals surface area contributed by atoms with Gasteiger partial charge in [0.25, 0.3) is 0 Å². The first kappa shape index (κ1) is 16.1. The van der Waals surface area contributed by atoms with Gasteiger partial charge in [0.1, 0.15) is 0 Å². The Bertz CT molecular complexity index is 888. The molecule has 1 amide bonds. The van der Waals surface area contributed by atoms with E-state index in [1.54, 1.807) is 18.6 Å². The third-order valence-corrected chi connectivity index (χ3v) is 3.76. The minimum atomic E-state index is -0.195. The molecule has 0 spiro atoms. The Hall–Kier alpha value is -2.80. The van der Waals surface area contributed by atoms with Gasteiger partial charge in [-0.2, -0.15) is 5.10 Å². The minimum absolute atomic E-state index is 0.0860. The number of carbonyl (C=O) groups excluding carboxylic acids is 1. The second kappa shape index (κ2) is 6.76. The van der Waals surface area contributed by atoms with Crippen LogP contribution in [-0.2, 0) is 11.2 Å². The van der Waals surface area contributed by atoms with E-state index in [1.165, 1.54) is 6.92 Å². The molecule has 0 bridgehead atoms. The predicted octanol–water partition coefficient (Wildman–Crippen LogP) is 2.21. The van der Waals surface area contributed by atoms with Gasteiger partial charge in [0.05, 0.1) is 5.39 Å². The molecule has 0 unspecified atom stereocenters. The average molecular weight is 325 g/mol. The van der Waals surface area contributed by atoms with Crippen LogP contribution in [0.25, 0.3) is 22.2 Å². The first-order valence-corrected chi connectivity index (χ1v) is 7.76. The number of aliphatic hydroxyl groups excluding tert-OH is 1. The summed E-state index contributed by atoms with van der Waals surface area (Å²) in [5.41, 5.74) is 4.53. The second-order valence-corrected chi connectivity index (χ2v) is 5.71. The lowest BCUT2D eigenvalue weighted by molar-refractivity contribution is -0.114. The molecule has 0 saturated heterocycles. The summed E-state index contributed by atoms with van der Waals surface area (Å²) in [6.07, 6.45) is 6.61. The van der Waals surface area contributed by atoms with Crippen molar-refractivity contribution in [3.8, 4) is 11.1 Å². The number of aromatic nitrogens is 4. The number of hydrogen-bond donors (Lipinski definition) is 3. The molecular weight excluding hydrogens is 306 g/mol. The Balaban J connectivity index is 2.22. The van der Waals surface area contributed by atoms with E-state index in [1.807, 2.05) is 13.0 Å². The first-order chi connectivity index (χ1) is 11.6. The molecule has 0 saturated carbocycles. The molecule has 0 aliphatic heterocycles. The third-order valence-electron chi connectivity index (χ3n) is 3.76. The number of pyridine rings is 2. The lowest BCUT2D eigenvalue weighted by Gasteiger charge is -2.12. The smallest absolute Gasteiger partial charge is 0.222 e. The third kappa shape index (κ3) is 3.11. The van der Waals surface area contributed by atoms with Gasteiger partial charge in [-0.1, -0.05) is 0 Å². The van der Waals surface area contributed by atoms with E-state index in [9.17, 15) is 9.90 Å². The molecule has 7 heteroatoms. The highest BCUT2D eigenvalue weighted by molar-refractivity contribution is 6.01. The molecule has 0 aliphatic rings. The zero-order chi connectivity index (χ0) is 17.1. The monoisotopic (exact) mass is 325 g/mol. The lowest BCUT2D eigenvalue weighted by atomic mass is 9.96. The molecule has 3 rings (SSSR count). The van der Waals surface area contributed by atoms with Gasteiger partial charge in [-0.05, 0) is 37.0 Å². The topological polar surface area (TPSA) is 104 Å². The minimum Gasteiger partial charge on any atom is -0.396 e. The van der Waals surface area contributed by atoms with E-state index in [0.717, 1.165) is 27.6 Å². The summed E-state index contributed by atoms with van der Waals surface area (Å²) < 4.78 is 0. The lowest BCUT2D eigenvalue weighted by Crippen LogP contribution is -2.07. The zero-order valence-corrected chi connectivity index (χ0v) is 13.6. The van der Waals surface area contributed by atoms with E-state index >= 15 is 0 Å². The van der Waals surface area contributed by atoms with Crippen molar-refractivity contribution >= 4 is 22.8 Å². The van der Waals surface area contributed by atoms with Crippen LogP contribution in [0.3, 0.4) is 0 Å². The predicted molar refractivity (Wildman–Crippen MR) is 91.6 cm³/mol. The maximum Gasteiger partial charge on any atom is 0.222 e. The quantitative estimate of drug-likeness (QED) is 0.667. The Morgan fingerprint density at radius 2 is 2.17 bits per heavy atom. The SMILES string of the molecule is CC(=O)Nc1n[nH]c2ncc(-c3cncc(C)c3)c(CCCO)c12. The van der Waals surface area contributed by atoms with Crippen molar-refractivity contribution in [2.75, 3.05) is 11.9 Å². The maximum atomic E-state index is 11.4. The van der Waals surface area contributed by atoms with Crippen molar-refractivity contribution in [1.29, 1.82) is 0 Å². The van der Waals surface area contributed by atoms with Crippen LogP contribution in [0, 0.1) is 6.92 Å². The maximum absolute atomic E-state index is 11.4. The molecule has 3 aromatic heterocycles. The standard InChI is InChI=1S/C17H19N5O2/c1-10-6-12(8-18-7-10)14-9-19-16-15(13(14)4-3-5-23)17(22-21-16)20-11(2)24/h6-9,23H,3-5H2,1-2H3,(H2,19,20,21,22,24). The van der Waals surface area contributed by atoms with Crippen molar-refractivity contribution in [3.05, 3.63) is 35.8 Å². The zero-order valence-electron chi connectivity index (χ0n) is 13.6. The fourth-order valence-electron chi connectivity index (χ4n) is 2.78. The van der Waals surface area contributed by atoms with Crippen molar-refractivity contribution < 1.29 is 9.90 Å². The number of amides is 1. The van der Waals surface area contributed by atoms with Gasteiger partial charge >= 0.3 is 0 Å². The largest absolute Gasteiger partial charge is 0.396 e.